The smallest absolute Gasteiger partial charge is 0.168 e. The topological polar surface area (TPSA) is 30.0 Å². The van der Waals surface area contributed by atoms with Crippen molar-refractivity contribution in [2.75, 3.05) is 0 Å². The van der Waals surface area contributed by atoms with Gasteiger partial charge in [-0.05, 0) is 23.8 Å². The van der Waals surface area contributed by atoms with Gasteiger partial charge in [-0.1, -0.05) is 29.3 Å². The second kappa shape index (κ2) is 5.46. The average Bonchev–Trinajstić information content (AvgIpc) is 2.33. The lowest BCUT2D eigenvalue weighted by molar-refractivity contribution is 0.0993. The molecule has 2 rings (SSSR count). The molecule has 92 valence electrons. The zero-order valence-electron chi connectivity index (χ0n) is 9.16. The van der Waals surface area contributed by atoms with E-state index in [4.69, 9.17) is 23.2 Å². The molecule has 5 heteroatoms. The highest BCUT2D eigenvalue weighted by Gasteiger charge is 2.13. The van der Waals surface area contributed by atoms with Crippen LogP contribution in [0.5, 0.6) is 0 Å². The predicted molar refractivity (Wildman–Crippen MR) is 68.7 cm³/mol. The predicted octanol–water partition coefficient (Wildman–Crippen LogP) is 3.95. The van der Waals surface area contributed by atoms with E-state index in [2.05, 4.69) is 4.98 Å². The number of Topliss-reactive ketones (excluding diaryl/α,β-unsaturated/α-hetero) is 1. The number of nitrogens with zero attached hydrogens (tertiary/aromatic N) is 1. The molecule has 0 aliphatic rings. The Morgan fingerprint density at radius 1 is 1.22 bits per heavy atom. The van der Waals surface area contributed by atoms with Gasteiger partial charge in [0.05, 0.1) is 5.02 Å². The second-order valence-corrected chi connectivity index (χ2v) is 4.51. The largest absolute Gasteiger partial charge is 0.294 e. The Bertz CT molecular complexity index is 601. The molecule has 2 aromatic rings. The molecule has 18 heavy (non-hydrogen) atoms. The molecule has 0 amide bonds. The Morgan fingerprint density at radius 3 is 2.67 bits per heavy atom. The van der Waals surface area contributed by atoms with Gasteiger partial charge in [0.15, 0.2) is 5.78 Å². The van der Waals surface area contributed by atoms with Crippen molar-refractivity contribution in [3.8, 4) is 0 Å². The Balaban J connectivity index is 2.24. The van der Waals surface area contributed by atoms with E-state index in [0.717, 1.165) is 0 Å². The standard InChI is InChI=1S/C13H8Cl2FNO/c14-11-6-9(16)2-1-8(11)5-13(18)10-3-4-17-7-12(10)15/h1-4,6-7H,5H2. The van der Waals surface area contributed by atoms with Crippen molar-refractivity contribution in [2.45, 2.75) is 6.42 Å². The minimum atomic E-state index is -0.432. The second-order valence-electron chi connectivity index (χ2n) is 3.69. The van der Waals surface area contributed by atoms with Crippen molar-refractivity contribution in [2.24, 2.45) is 0 Å². The highest BCUT2D eigenvalue weighted by atomic mass is 35.5. The van der Waals surface area contributed by atoms with Crippen LogP contribution in [0.2, 0.25) is 10.0 Å². The molecule has 0 saturated carbocycles. The molecule has 0 bridgehead atoms. The van der Waals surface area contributed by atoms with Crippen molar-refractivity contribution >= 4 is 29.0 Å². The van der Waals surface area contributed by atoms with Crippen molar-refractivity contribution in [3.05, 3.63) is 63.6 Å². The molecule has 1 aromatic heterocycles. The molecule has 0 N–H and O–H groups in total. The minimum Gasteiger partial charge on any atom is -0.294 e. The van der Waals surface area contributed by atoms with Crippen LogP contribution in [0.3, 0.4) is 0 Å². The Kier molecular flexibility index (Phi) is 3.94. The number of benzene rings is 1. The number of pyridine rings is 1. The number of ketones is 1. The highest BCUT2D eigenvalue weighted by Crippen LogP contribution is 2.21. The number of rotatable bonds is 3. The molecule has 0 aliphatic heterocycles. The van der Waals surface area contributed by atoms with Crippen molar-refractivity contribution in [1.29, 1.82) is 0 Å². The van der Waals surface area contributed by atoms with E-state index in [1.807, 2.05) is 0 Å². The number of hydrogen-bond donors (Lipinski definition) is 0. The van der Waals surface area contributed by atoms with E-state index in [1.165, 1.54) is 30.6 Å². The van der Waals surface area contributed by atoms with Crippen molar-refractivity contribution < 1.29 is 9.18 Å². The lowest BCUT2D eigenvalue weighted by atomic mass is 10.0. The van der Waals surface area contributed by atoms with Crippen LogP contribution < -0.4 is 0 Å². The molecule has 0 aliphatic carbocycles. The van der Waals surface area contributed by atoms with Gasteiger partial charge in [0, 0.05) is 29.4 Å². The van der Waals surface area contributed by atoms with E-state index >= 15 is 0 Å². The summed E-state index contributed by atoms with van der Waals surface area (Å²) in [7, 11) is 0. The van der Waals surface area contributed by atoms with Gasteiger partial charge in [-0.15, -0.1) is 0 Å². The summed E-state index contributed by atoms with van der Waals surface area (Å²) < 4.78 is 12.9. The van der Waals surface area contributed by atoms with Gasteiger partial charge >= 0.3 is 0 Å². The molecule has 0 atom stereocenters. The third kappa shape index (κ3) is 2.86. The van der Waals surface area contributed by atoms with E-state index in [1.54, 1.807) is 6.07 Å². The number of aromatic nitrogens is 1. The summed E-state index contributed by atoms with van der Waals surface area (Å²) in [6.45, 7) is 0. The summed E-state index contributed by atoms with van der Waals surface area (Å²) in [5.41, 5.74) is 0.947. The van der Waals surface area contributed by atoms with Crippen LogP contribution in [0.15, 0.2) is 36.7 Å². The van der Waals surface area contributed by atoms with Gasteiger partial charge in [-0.3, -0.25) is 9.78 Å². The molecule has 0 spiro atoms. The minimum absolute atomic E-state index is 0.0723. The first-order chi connectivity index (χ1) is 8.58. The monoisotopic (exact) mass is 283 g/mol. The first-order valence-corrected chi connectivity index (χ1v) is 5.90. The summed E-state index contributed by atoms with van der Waals surface area (Å²) >= 11 is 11.7. The molecule has 1 aromatic carbocycles. The Morgan fingerprint density at radius 2 is 2.00 bits per heavy atom. The lowest BCUT2D eigenvalue weighted by Crippen LogP contribution is -2.05. The van der Waals surface area contributed by atoms with E-state index in [-0.39, 0.29) is 17.2 Å². The third-order valence-electron chi connectivity index (χ3n) is 2.44. The zero-order chi connectivity index (χ0) is 13.1. The highest BCUT2D eigenvalue weighted by molar-refractivity contribution is 6.34. The van der Waals surface area contributed by atoms with Crippen LogP contribution in [0.4, 0.5) is 4.39 Å². The lowest BCUT2D eigenvalue weighted by Gasteiger charge is -2.05. The first kappa shape index (κ1) is 13.0. The van der Waals surface area contributed by atoms with E-state index in [0.29, 0.717) is 16.1 Å². The van der Waals surface area contributed by atoms with E-state index < -0.39 is 5.82 Å². The van der Waals surface area contributed by atoms with Crippen LogP contribution in [0, 0.1) is 5.82 Å². The Labute approximate surface area is 113 Å². The maximum Gasteiger partial charge on any atom is 0.168 e. The molecule has 1 heterocycles. The SMILES string of the molecule is O=C(Cc1ccc(F)cc1Cl)c1ccncc1Cl. The Hall–Kier alpha value is -1.45. The molecular weight excluding hydrogens is 276 g/mol. The molecule has 2 nitrogen and oxygen atoms in total. The van der Waals surface area contributed by atoms with Gasteiger partial charge in [-0.25, -0.2) is 4.39 Å². The van der Waals surface area contributed by atoms with Crippen molar-refractivity contribution in [3.63, 3.8) is 0 Å². The summed E-state index contributed by atoms with van der Waals surface area (Å²) in [5, 5.41) is 0.522. The number of carbonyl (C=O) groups excluding carboxylic acids is 1. The van der Waals surface area contributed by atoms with Crippen LogP contribution in [-0.2, 0) is 6.42 Å². The third-order valence-corrected chi connectivity index (χ3v) is 3.09. The van der Waals surface area contributed by atoms with Gasteiger partial charge < -0.3 is 0 Å². The number of carbonyl (C=O) groups is 1. The molecule has 0 radical (unpaired) electrons. The van der Waals surface area contributed by atoms with Gasteiger partial charge in [0.1, 0.15) is 5.82 Å². The molecule has 0 saturated heterocycles. The van der Waals surface area contributed by atoms with Crippen molar-refractivity contribution in [1.82, 2.24) is 4.98 Å². The first-order valence-electron chi connectivity index (χ1n) is 5.14. The van der Waals surface area contributed by atoms with Gasteiger partial charge in [0.25, 0.3) is 0 Å². The molecule has 0 fully saturated rings. The van der Waals surface area contributed by atoms with Crippen LogP contribution in [0.25, 0.3) is 0 Å². The van der Waals surface area contributed by atoms with E-state index in [9.17, 15) is 9.18 Å². The summed E-state index contributed by atoms with van der Waals surface area (Å²) in [6.07, 6.45) is 2.97. The fraction of sp³-hybridized carbons (Fsp3) is 0.0769. The maximum atomic E-state index is 12.9. The fourth-order valence-electron chi connectivity index (χ4n) is 1.53. The van der Waals surface area contributed by atoms with Crippen LogP contribution >= 0.6 is 23.2 Å². The number of hydrogen-bond acceptors (Lipinski definition) is 2. The fourth-order valence-corrected chi connectivity index (χ4v) is 1.99. The van der Waals surface area contributed by atoms with Crippen LogP contribution in [0.1, 0.15) is 15.9 Å². The molecule has 0 unspecified atom stereocenters. The van der Waals surface area contributed by atoms with Gasteiger partial charge in [-0.2, -0.15) is 0 Å². The summed E-state index contributed by atoms with van der Waals surface area (Å²) in [5.74, 6) is -0.617. The normalized spacial score (nSPS) is 10.4. The number of halogens is 3. The zero-order valence-corrected chi connectivity index (χ0v) is 10.7. The molecular formula is C13H8Cl2FNO. The quantitative estimate of drug-likeness (QED) is 0.799. The average molecular weight is 284 g/mol. The summed E-state index contributed by atoms with van der Waals surface area (Å²) in [4.78, 5) is 15.8. The summed E-state index contributed by atoms with van der Waals surface area (Å²) in [6, 6.07) is 5.48. The van der Waals surface area contributed by atoms with Gasteiger partial charge in [0.2, 0.25) is 0 Å². The maximum absolute atomic E-state index is 12.9. The van der Waals surface area contributed by atoms with Crippen LogP contribution in [-0.4, -0.2) is 10.8 Å².